The van der Waals surface area contributed by atoms with Crippen molar-refractivity contribution in [3.63, 3.8) is 0 Å². The van der Waals surface area contributed by atoms with Crippen LogP contribution in [0, 0.1) is 21.0 Å². The van der Waals surface area contributed by atoms with E-state index in [4.69, 9.17) is 14.8 Å². The Morgan fingerprint density at radius 2 is 1.94 bits per heavy atom. The highest BCUT2D eigenvalue weighted by atomic mass is 127. The van der Waals surface area contributed by atoms with Gasteiger partial charge >= 0.3 is 0 Å². The largest absolute Gasteiger partial charge is 0.395 e. The average Bonchev–Trinajstić information content (AvgIpc) is 2.79. The van der Waals surface area contributed by atoms with Crippen LogP contribution >= 0.6 is 22.6 Å². The lowest BCUT2D eigenvalue weighted by atomic mass is 10.1. The number of carbonyl (C=O) groups excluding carboxylic acids is 2. The van der Waals surface area contributed by atoms with E-state index in [-0.39, 0.29) is 31.2 Å². The van der Waals surface area contributed by atoms with Crippen molar-refractivity contribution < 1.29 is 37.5 Å². The second-order valence-electron chi connectivity index (χ2n) is 6.26. The van der Waals surface area contributed by atoms with E-state index >= 15 is 0 Å². The molecular weight excluding hydrogens is 560 g/mol. The number of amides is 2. The van der Waals surface area contributed by atoms with Crippen molar-refractivity contribution in [3.8, 4) is 0 Å². The fourth-order valence-corrected chi connectivity index (χ4v) is 2.85. The topological polar surface area (TPSA) is 121 Å². The third kappa shape index (κ3) is 7.57. The van der Waals surface area contributed by atoms with Gasteiger partial charge in [0.05, 0.1) is 42.8 Å². The number of aliphatic hydroxyl groups excluding tert-OH is 1. The van der Waals surface area contributed by atoms with Crippen LogP contribution in [0.1, 0.15) is 22.3 Å². The number of nitrogens with one attached hydrogen (secondary N) is 3. The molecule has 0 fully saturated rings. The molecule has 0 atom stereocenters. The Kier molecular flexibility index (Phi) is 10.3. The molecule has 9 nitrogen and oxygen atoms in total. The number of hydrogen-bond acceptors (Lipinski definition) is 7. The van der Waals surface area contributed by atoms with Crippen molar-refractivity contribution in [3.05, 3.63) is 56.4 Å². The molecule has 0 aliphatic rings. The summed E-state index contributed by atoms with van der Waals surface area (Å²) >= 11 is 1.88. The van der Waals surface area contributed by atoms with Crippen molar-refractivity contribution in [1.29, 1.82) is 0 Å². The van der Waals surface area contributed by atoms with Gasteiger partial charge in [-0.05, 0) is 46.9 Å². The quantitative estimate of drug-likeness (QED) is 0.140. The Hall–Kier alpha value is -2.91. The maximum absolute atomic E-state index is 14.9. The Labute approximate surface area is 200 Å². The van der Waals surface area contributed by atoms with Gasteiger partial charge in [0, 0.05) is 16.2 Å². The molecule has 33 heavy (non-hydrogen) atoms. The molecule has 178 valence electrons. The number of halogens is 4. The molecule has 13 heteroatoms. The highest BCUT2D eigenvalue weighted by Crippen LogP contribution is 2.30. The lowest BCUT2D eigenvalue weighted by molar-refractivity contribution is -0.121. The molecule has 0 saturated heterocycles. The number of rotatable bonds is 11. The Morgan fingerprint density at radius 3 is 2.61 bits per heavy atom. The Morgan fingerprint density at radius 1 is 1.18 bits per heavy atom. The predicted octanol–water partition coefficient (Wildman–Crippen LogP) is 2.59. The highest BCUT2D eigenvalue weighted by Gasteiger charge is 2.23. The molecule has 0 heterocycles. The monoisotopic (exact) mass is 580 g/mol. The van der Waals surface area contributed by atoms with E-state index in [1.807, 2.05) is 28.1 Å². The van der Waals surface area contributed by atoms with Gasteiger partial charge in [0.2, 0.25) is 5.91 Å². The predicted molar refractivity (Wildman–Crippen MR) is 121 cm³/mol. The maximum Gasteiger partial charge on any atom is 0.277 e. The third-order valence-corrected chi connectivity index (χ3v) is 4.67. The highest BCUT2D eigenvalue weighted by molar-refractivity contribution is 14.1. The van der Waals surface area contributed by atoms with Crippen LogP contribution in [-0.2, 0) is 14.5 Å². The number of aliphatic hydroxyl groups is 1. The van der Waals surface area contributed by atoms with Crippen molar-refractivity contribution in [2.75, 3.05) is 32.2 Å². The summed E-state index contributed by atoms with van der Waals surface area (Å²) in [5.41, 5.74) is 0.252. The fourth-order valence-electron chi connectivity index (χ4n) is 2.39. The molecule has 0 aliphatic carbocycles. The third-order valence-electron chi connectivity index (χ3n) is 3.99. The van der Waals surface area contributed by atoms with Gasteiger partial charge in [-0.25, -0.2) is 18.7 Å². The van der Waals surface area contributed by atoms with Crippen LogP contribution in [0.4, 0.5) is 24.5 Å². The van der Waals surface area contributed by atoms with Crippen LogP contribution in [0.5, 0.6) is 0 Å². The van der Waals surface area contributed by atoms with Crippen molar-refractivity contribution in [1.82, 2.24) is 10.8 Å². The molecule has 0 saturated carbocycles. The van der Waals surface area contributed by atoms with E-state index in [1.165, 1.54) is 25.2 Å². The minimum absolute atomic E-state index is 0.00896. The molecule has 0 spiro atoms. The van der Waals surface area contributed by atoms with E-state index in [9.17, 15) is 22.8 Å². The Balaban J connectivity index is 2.37. The summed E-state index contributed by atoms with van der Waals surface area (Å²) in [4.78, 5) is 33.2. The second kappa shape index (κ2) is 13.0. The molecule has 2 aromatic carbocycles. The summed E-state index contributed by atoms with van der Waals surface area (Å²) in [6, 6.07) is 4.95. The molecule has 2 amide bonds. The first-order valence-corrected chi connectivity index (χ1v) is 10.5. The van der Waals surface area contributed by atoms with Gasteiger partial charge in [0.1, 0.15) is 12.4 Å². The molecule has 0 unspecified atom stereocenters. The number of carbonyl (C=O) groups is 2. The van der Waals surface area contributed by atoms with Gasteiger partial charge in [-0.2, -0.15) is 0 Å². The van der Waals surface area contributed by atoms with E-state index < -0.39 is 46.8 Å². The molecular formula is C20H20F3IN4O5. The first-order valence-electron chi connectivity index (χ1n) is 9.41. The zero-order valence-electron chi connectivity index (χ0n) is 17.3. The smallest absolute Gasteiger partial charge is 0.277 e. The number of hydrogen-bond donors (Lipinski definition) is 4. The fraction of sp³-hybridized carbons (Fsp3) is 0.250. The van der Waals surface area contributed by atoms with Gasteiger partial charge < -0.3 is 20.6 Å². The zero-order chi connectivity index (χ0) is 24.4. The van der Waals surface area contributed by atoms with Crippen molar-refractivity contribution in [2.24, 2.45) is 5.16 Å². The summed E-state index contributed by atoms with van der Waals surface area (Å²) in [5, 5.41) is 17.0. The number of nitrogens with zero attached hydrogens (tertiary/aromatic N) is 1. The molecule has 0 aromatic heterocycles. The van der Waals surface area contributed by atoms with Crippen LogP contribution in [0.15, 0.2) is 29.4 Å². The van der Waals surface area contributed by atoms with Gasteiger partial charge in [-0.15, -0.1) is 0 Å². The molecule has 2 aromatic rings. The summed E-state index contributed by atoms with van der Waals surface area (Å²) < 4.78 is 44.4. The van der Waals surface area contributed by atoms with Gasteiger partial charge in [-0.3, -0.25) is 14.4 Å². The van der Waals surface area contributed by atoms with E-state index in [0.29, 0.717) is 3.57 Å². The summed E-state index contributed by atoms with van der Waals surface area (Å²) in [6.07, 6.45) is 0.813. The minimum atomic E-state index is -1.48. The molecule has 0 aliphatic heterocycles. The molecule has 0 bridgehead atoms. The van der Waals surface area contributed by atoms with Crippen LogP contribution in [-0.4, -0.2) is 50.0 Å². The van der Waals surface area contributed by atoms with Crippen LogP contribution in [0.3, 0.4) is 0 Å². The average molecular weight is 580 g/mol. The number of anilines is 2. The number of benzene rings is 2. The van der Waals surface area contributed by atoms with E-state index in [0.717, 1.165) is 12.3 Å². The van der Waals surface area contributed by atoms with Crippen molar-refractivity contribution >= 4 is 52.0 Å². The van der Waals surface area contributed by atoms with Crippen LogP contribution < -0.4 is 16.1 Å². The summed E-state index contributed by atoms with van der Waals surface area (Å²) in [7, 11) is 1.44. The molecule has 0 radical (unpaired) electrons. The summed E-state index contributed by atoms with van der Waals surface area (Å²) in [5.74, 6) is -4.90. The zero-order valence-corrected chi connectivity index (χ0v) is 19.4. The van der Waals surface area contributed by atoms with Crippen LogP contribution in [0.2, 0.25) is 0 Å². The SMILES string of the molecule is CNC(=O)CCO/N=C\c1cc(C(=O)NOCCO)c(Nc2ccc(I)cc2F)c(F)c1F. The maximum atomic E-state index is 14.9. The van der Waals surface area contributed by atoms with Crippen LogP contribution in [0.25, 0.3) is 0 Å². The first-order chi connectivity index (χ1) is 15.8. The van der Waals surface area contributed by atoms with E-state index in [1.54, 1.807) is 0 Å². The normalized spacial score (nSPS) is 10.8. The standard InChI is InChI=1S/C20H20F3IN4O5/c1-25-16(30)4-6-32-26-10-11-8-13(20(31)28-33-7-5-29)19(18(23)17(11)22)27-15-3-2-12(24)9-14(15)21/h2-3,8-10,27,29H,4-7H2,1H3,(H,25,30)(H,28,31)/b26-10-. The first kappa shape index (κ1) is 26.3. The van der Waals surface area contributed by atoms with E-state index in [2.05, 4.69) is 15.8 Å². The van der Waals surface area contributed by atoms with Crippen molar-refractivity contribution in [2.45, 2.75) is 6.42 Å². The lowest BCUT2D eigenvalue weighted by Gasteiger charge is -2.15. The lowest BCUT2D eigenvalue weighted by Crippen LogP contribution is -2.26. The second-order valence-corrected chi connectivity index (χ2v) is 7.51. The van der Waals surface area contributed by atoms with Gasteiger partial charge in [-0.1, -0.05) is 5.16 Å². The molecule has 2 rings (SSSR count). The van der Waals surface area contributed by atoms with Gasteiger partial charge in [0.25, 0.3) is 5.91 Å². The summed E-state index contributed by atoms with van der Waals surface area (Å²) in [6.45, 7) is -0.770. The van der Waals surface area contributed by atoms with Gasteiger partial charge in [0.15, 0.2) is 11.6 Å². The number of oxime groups is 1. The minimum Gasteiger partial charge on any atom is -0.395 e. The molecule has 4 N–H and O–H groups in total. The Bertz CT molecular complexity index is 1040. The number of hydroxylamine groups is 1.